The van der Waals surface area contributed by atoms with E-state index >= 15 is 0 Å². The number of carbonyl (C=O) groups is 1. The normalized spacial score (nSPS) is 11.7. The molecule has 1 aromatic heterocycles. The van der Waals surface area contributed by atoms with Crippen LogP contribution in [0.25, 0.3) is 10.9 Å². The summed E-state index contributed by atoms with van der Waals surface area (Å²) in [6, 6.07) is 14.6. The standard InChI is InChI=1S/C19H19N3O4S/c1-13-5-3-4-6-16(13)20-19(24)12-22(2)27(25,26)15-8-9-17-14(11-15)7-10-18(23)21-17/h3-11H,12H2,1-2H3,(H,20,24)(H,21,23). The molecule has 1 heterocycles. The molecule has 8 heteroatoms. The van der Waals surface area contributed by atoms with Crippen molar-refractivity contribution in [3.05, 3.63) is 70.5 Å². The molecule has 1 amide bonds. The second-order valence-corrected chi connectivity index (χ2v) is 8.24. The van der Waals surface area contributed by atoms with Gasteiger partial charge in [-0.05, 0) is 48.2 Å². The van der Waals surface area contributed by atoms with Crippen LogP contribution in [0.5, 0.6) is 0 Å². The topological polar surface area (TPSA) is 99.3 Å². The lowest BCUT2D eigenvalue weighted by molar-refractivity contribution is -0.116. The first-order valence-electron chi connectivity index (χ1n) is 8.22. The van der Waals surface area contributed by atoms with Crippen LogP contribution >= 0.6 is 0 Å². The van der Waals surface area contributed by atoms with E-state index in [4.69, 9.17) is 0 Å². The number of nitrogens with one attached hydrogen (secondary N) is 2. The first kappa shape index (κ1) is 18.8. The summed E-state index contributed by atoms with van der Waals surface area (Å²) in [7, 11) is -2.51. The summed E-state index contributed by atoms with van der Waals surface area (Å²) in [4.78, 5) is 26.3. The number of nitrogens with zero attached hydrogens (tertiary/aromatic N) is 1. The van der Waals surface area contributed by atoms with Crippen LogP contribution in [0.3, 0.4) is 0 Å². The number of amides is 1. The average Bonchev–Trinajstić information content (AvgIpc) is 2.63. The Hall–Kier alpha value is -2.97. The molecule has 7 nitrogen and oxygen atoms in total. The van der Waals surface area contributed by atoms with E-state index in [0.717, 1.165) is 9.87 Å². The van der Waals surface area contributed by atoms with Crippen molar-refractivity contribution in [3.63, 3.8) is 0 Å². The van der Waals surface area contributed by atoms with Gasteiger partial charge in [-0.1, -0.05) is 18.2 Å². The lowest BCUT2D eigenvalue weighted by atomic mass is 10.2. The van der Waals surface area contributed by atoms with E-state index in [0.29, 0.717) is 16.6 Å². The molecule has 2 N–H and O–H groups in total. The van der Waals surface area contributed by atoms with Crippen LogP contribution in [0.4, 0.5) is 5.69 Å². The van der Waals surface area contributed by atoms with E-state index in [1.807, 2.05) is 19.1 Å². The van der Waals surface area contributed by atoms with Gasteiger partial charge in [0.05, 0.1) is 11.4 Å². The minimum absolute atomic E-state index is 0.0493. The molecule has 0 saturated carbocycles. The van der Waals surface area contributed by atoms with Gasteiger partial charge in [0.15, 0.2) is 0 Å². The van der Waals surface area contributed by atoms with Crippen molar-refractivity contribution >= 4 is 32.5 Å². The third-order valence-corrected chi connectivity index (χ3v) is 5.99. The molecule has 140 valence electrons. The van der Waals surface area contributed by atoms with E-state index in [2.05, 4.69) is 10.3 Å². The van der Waals surface area contributed by atoms with Crippen LogP contribution < -0.4 is 10.9 Å². The molecule has 0 aliphatic carbocycles. The smallest absolute Gasteiger partial charge is 0.248 e. The van der Waals surface area contributed by atoms with Crippen LogP contribution in [-0.4, -0.2) is 37.2 Å². The van der Waals surface area contributed by atoms with Gasteiger partial charge in [-0.15, -0.1) is 0 Å². The largest absolute Gasteiger partial charge is 0.325 e. The highest BCUT2D eigenvalue weighted by Gasteiger charge is 2.23. The van der Waals surface area contributed by atoms with E-state index in [1.165, 1.54) is 31.3 Å². The maximum Gasteiger partial charge on any atom is 0.248 e. The zero-order valence-corrected chi connectivity index (χ0v) is 15.7. The molecule has 2 aromatic carbocycles. The third-order valence-electron chi connectivity index (χ3n) is 4.19. The molecule has 0 atom stereocenters. The summed E-state index contributed by atoms with van der Waals surface area (Å²) in [5.41, 5.74) is 1.81. The lowest BCUT2D eigenvalue weighted by Crippen LogP contribution is -2.35. The van der Waals surface area contributed by atoms with E-state index in [-0.39, 0.29) is 17.0 Å². The molecule has 0 spiro atoms. The van der Waals surface area contributed by atoms with Gasteiger partial charge in [0.25, 0.3) is 0 Å². The number of likely N-dealkylation sites (N-methyl/N-ethyl adjacent to an activating group) is 1. The summed E-state index contributed by atoms with van der Waals surface area (Å²) in [6.07, 6.45) is 0. The molecule has 3 rings (SSSR count). The van der Waals surface area contributed by atoms with Crippen molar-refractivity contribution in [1.82, 2.24) is 9.29 Å². The number of H-pyrrole nitrogens is 1. The second kappa shape index (κ2) is 7.34. The second-order valence-electron chi connectivity index (χ2n) is 6.20. The molecule has 0 fully saturated rings. The number of para-hydroxylation sites is 1. The van der Waals surface area contributed by atoms with Crippen molar-refractivity contribution < 1.29 is 13.2 Å². The number of sulfonamides is 1. The van der Waals surface area contributed by atoms with Gasteiger partial charge in [-0.2, -0.15) is 4.31 Å². The predicted octanol–water partition coefficient (Wildman–Crippen LogP) is 2.10. The number of fused-ring (bicyclic) bond motifs is 1. The maximum atomic E-state index is 12.8. The number of hydrogen-bond donors (Lipinski definition) is 2. The summed E-state index contributed by atoms with van der Waals surface area (Å²) in [5, 5.41) is 3.31. The number of hydrogen-bond acceptors (Lipinski definition) is 4. The summed E-state index contributed by atoms with van der Waals surface area (Å²) < 4.78 is 26.5. The Morgan fingerprint density at radius 2 is 1.85 bits per heavy atom. The zero-order valence-electron chi connectivity index (χ0n) is 14.9. The molecule has 0 bridgehead atoms. The van der Waals surface area contributed by atoms with Gasteiger partial charge in [-0.3, -0.25) is 9.59 Å². The molecule has 0 aliphatic heterocycles. The van der Waals surface area contributed by atoms with Crippen molar-refractivity contribution in [2.45, 2.75) is 11.8 Å². The predicted molar refractivity (Wildman–Crippen MR) is 104 cm³/mol. The Balaban J connectivity index is 1.79. The highest BCUT2D eigenvalue weighted by atomic mass is 32.2. The van der Waals surface area contributed by atoms with E-state index < -0.39 is 15.9 Å². The lowest BCUT2D eigenvalue weighted by Gasteiger charge is -2.17. The van der Waals surface area contributed by atoms with Gasteiger partial charge >= 0.3 is 0 Å². The fourth-order valence-electron chi connectivity index (χ4n) is 2.66. The Kier molecular flexibility index (Phi) is 5.11. The Morgan fingerprint density at radius 3 is 2.59 bits per heavy atom. The Morgan fingerprint density at radius 1 is 1.11 bits per heavy atom. The average molecular weight is 385 g/mol. The number of pyridine rings is 1. The molecular weight excluding hydrogens is 366 g/mol. The zero-order chi connectivity index (χ0) is 19.6. The first-order chi connectivity index (χ1) is 12.8. The summed E-state index contributed by atoms with van der Waals surface area (Å²) in [5.74, 6) is -0.430. The molecule has 3 aromatic rings. The van der Waals surface area contributed by atoms with Crippen LogP contribution in [0.1, 0.15) is 5.56 Å². The van der Waals surface area contributed by atoms with Crippen molar-refractivity contribution in [1.29, 1.82) is 0 Å². The number of aromatic nitrogens is 1. The number of aryl methyl sites for hydroxylation is 1. The van der Waals surface area contributed by atoms with Gasteiger partial charge in [0.2, 0.25) is 21.5 Å². The minimum atomic E-state index is -3.86. The SMILES string of the molecule is Cc1ccccc1NC(=O)CN(C)S(=O)(=O)c1ccc2[nH]c(=O)ccc2c1. The van der Waals surface area contributed by atoms with E-state index in [1.54, 1.807) is 18.2 Å². The third kappa shape index (κ3) is 4.07. The van der Waals surface area contributed by atoms with Crippen molar-refractivity contribution in [2.24, 2.45) is 0 Å². The highest BCUT2D eigenvalue weighted by Crippen LogP contribution is 2.20. The van der Waals surface area contributed by atoms with Crippen LogP contribution in [-0.2, 0) is 14.8 Å². The van der Waals surface area contributed by atoms with Crippen molar-refractivity contribution in [2.75, 3.05) is 18.9 Å². The van der Waals surface area contributed by atoms with Crippen molar-refractivity contribution in [3.8, 4) is 0 Å². The molecule has 0 aliphatic rings. The van der Waals surface area contributed by atoms with E-state index in [9.17, 15) is 18.0 Å². The molecule has 0 radical (unpaired) electrons. The number of rotatable bonds is 5. The summed E-state index contributed by atoms with van der Waals surface area (Å²) >= 11 is 0. The van der Waals surface area contributed by atoms with Crippen LogP contribution in [0, 0.1) is 6.92 Å². The Bertz CT molecular complexity index is 1170. The fourth-order valence-corrected chi connectivity index (χ4v) is 3.83. The number of carbonyl (C=O) groups excluding carboxylic acids is 1. The summed E-state index contributed by atoms with van der Waals surface area (Å²) in [6.45, 7) is 1.54. The number of aromatic amines is 1. The van der Waals surface area contributed by atoms with Gasteiger partial charge in [-0.25, -0.2) is 8.42 Å². The van der Waals surface area contributed by atoms with Gasteiger partial charge in [0.1, 0.15) is 0 Å². The molecule has 0 unspecified atom stereocenters. The number of anilines is 1. The van der Waals surface area contributed by atoms with Gasteiger partial charge in [0, 0.05) is 24.3 Å². The van der Waals surface area contributed by atoms with Gasteiger partial charge < -0.3 is 10.3 Å². The fraction of sp³-hybridized carbons (Fsp3) is 0.158. The monoisotopic (exact) mass is 385 g/mol. The quantitative estimate of drug-likeness (QED) is 0.702. The van der Waals surface area contributed by atoms with Crippen LogP contribution in [0.15, 0.2) is 64.3 Å². The number of benzene rings is 2. The molecule has 27 heavy (non-hydrogen) atoms. The van der Waals surface area contributed by atoms with Crippen LogP contribution in [0.2, 0.25) is 0 Å². The molecular formula is C19H19N3O4S. The molecule has 0 saturated heterocycles. The maximum absolute atomic E-state index is 12.8. The Labute approximate surface area is 156 Å². The minimum Gasteiger partial charge on any atom is -0.325 e. The highest BCUT2D eigenvalue weighted by molar-refractivity contribution is 7.89. The first-order valence-corrected chi connectivity index (χ1v) is 9.66.